The minimum absolute atomic E-state index is 0.0459. The van der Waals surface area contributed by atoms with Gasteiger partial charge in [-0.25, -0.2) is 4.98 Å². The molecule has 0 saturated heterocycles. The highest BCUT2D eigenvalue weighted by Crippen LogP contribution is 2.28. The van der Waals surface area contributed by atoms with Gasteiger partial charge in [-0.15, -0.1) is 0 Å². The van der Waals surface area contributed by atoms with Crippen molar-refractivity contribution < 1.29 is 14.3 Å². The van der Waals surface area contributed by atoms with Gasteiger partial charge in [0.05, 0.1) is 5.69 Å². The van der Waals surface area contributed by atoms with Gasteiger partial charge in [-0.3, -0.25) is 20.4 Å². The number of fused-ring (bicyclic) bond motifs is 1. The van der Waals surface area contributed by atoms with Crippen molar-refractivity contribution in [3.05, 3.63) is 65.6 Å². The van der Waals surface area contributed by atoms with Crippen LogP contribution in [0.2, 0.25) is 0 Å². The molecule has 138 valence electrons. The molecular formula is C20H20N4O3. The zero-order valence-electron chi connectivity index (χ0n) is 14.9. The van der Waals surface area contributed by atoms with Crippen LogP contribution >= 0.6 is 0 Å². The zero-order chi connectivity index (χ0) is 18.8. The molecule has 3 aromatic rings. The monoisotopic (exact) mass is 364 g/mol. The van der Waals surface area contributed by atoms with Gasteiger partial charge in [0, 0.05) is 23.9 Å². The van der Waals surface area contributed by atoms with Crippen molar-refractivity contribution in [2.75, 3.05) is 0 Å². The summed E-state index contributed by atoms with van der Waals surface area (Å²) in [7, 11) is 0. The van der Waals surface area contributed by atoms with Crippen molar-refractivity contribution in [2.45, 2.75) is 26.4 Å². The summed E-state index contributed by atoms with van der Waals surface area (Å²) in [6.07, 6.45) is 5.73. The summed E-state index contributed by atoms with van der Waals surface area (Å²) in [6.45, 7) is 2.37. The van der Waals surface area contributed by atoms with Gasteiger partial charge in [0.25, 0.3) is 5.91 Å². The first-order valence-electron chi connectivity index (χ1n) is 8.86. The Bertz CT molecular complexity index is 990. The number of carbonyl (C=O) groups is 2. The Morgan fingerprint density at radius 3 is 2.63 bits per heavy atom. The summed E-state index contributed by atoms with van der Waals surface area (Å²) >= 11 is 0. The van der Waals surface area contributed by atoms with E-state index in [1.165, 1.54) is 0 Å². The summed E-state index contributed by atoms with van der Waals surface area (Å²) in [4.78, 5) is 28.1. The topological polar surface area (TPSA) is 84.7 Å². The maximum Gasteiger partial charge on any atom is 0.269 e. The first kappa shape index (κ1) is 17.1. The van der Waals surface area contributed by atoms with Gasteiger partial charge in [0.15, 0.2) is 0 Å². The van der Waals surface area contributed by atoms with Gasteiger partial charge in [-0.2, -0.15) is 0 Å². The predicted molar refractivity (Wildman–Crippen MR) is 99.0 cm³/mol. The van der Waals surface area contributed by atoms with Crippen LogP contribution in [0.25, 0.3) is 5.65 Å². The van der Waals surface area contributed by atoms with E-state index in [4.69, 9.17) is 4.74 Å². The van der Waals surface area contributed by atoms with E-state index in [-0.39, 0.29) is 17.7 Å². The third kappa shape index (κ3) is 4.08. The lowest BCUT2D eigenvalue weighted by atomic mass is 10.2. The Morgan fingerprint density at radius 2 is 1.89 bits per heavy atom. The molecule has 1 saturated carbocycles. The van der Waals surface area contributed by atoms with E-state index < -0.39 is 0 Å². The number of nitrogens with zero attached hydrogens (tertiary/aromatic N) is 2. The molecule has 1 aromatic carbocycles. The van der Waals surface area contributed by atoms with Crippen LogP contribution in [0, 0.1) is 12.8 Å². The van der Waals surface area contributed by atoms with Gasteiger partial charge < -0.3 is 9.14 Å². The van der Waals surface area contributed by atoms with Crippen LogP contribution in [0.15, 0.2) is 48.8 Å². The number of carbonyl (C=O) groups excluding carboxylic acids is 2. The third-order valence-electron chi connectivity index (χ3n) is 4.40. The average molecular weight is 364 g/mol. The number of aryl methyl sites for hydroxylation is 1. The Balaban J connectivity index is 1.32. The number of hydrogen-bond donors (Lipinski definition) is 2. The molecule has 0 spiro atoms. The highest BCUT2D eigenvalue weighted by atomic mass is 16.5. The summed E-state index contributed by atoms with van der Waals surface area (Å²) in [5.41, 5.74) is 8.17. The maximum absolute atomic E-state index is 12.0. The normalized spacial score (nSPS) is 13.4. The summed E-state index contributed by atoms with van der Waals surface area (Å²) in [5, 5.41) is 0. The van der Waals surface area contributed by atoms with Crippen molar-refractivity contribution in [2.24, 2.45) is 5.92 Å². The Kier molecular flexibility index (Phi) is 4.50. The quantitative estimate of drug-likeness (QED) is 0.681. The van der Waals surface area contributed by atoms with E-state index in [9.17, 15) is 9.59 Å². The van der Waals surface area contributed by atoms with Crippen LogP contribution in [0.5, 0.6) is 5.75 Å². The first-order chi connectivity index (χ1) is 13.1. The van der Waals surface area contributed by atoms with E-state index in [0.29, 0.717) is 17.9 Å². The molecule has 4 rings (SSSR count). The number of imidazole rings is 1. The maximum atomic E-state index is 12.0. The molecule has 0 bridgehead atoms. The number of hydrazine groups is 1. The number of nitrogens with one attached hydrogen (secondary N) is 2. The van der Waals surface area contributed by atoms with Gasteiger partial charge >= 0.3 is 0 Å². The van der Waals surface area contributed by atoms with Crippen molar-refractivity contribution in [1.82, 2.24) is 20.2 Å². The molecule has 1 aliphatic rings. The van der Waals surface area contributed by atoms with Crippen molar-refractivity contribution >= 4 is 17.5 Å². The molecule has 1 fully saturated rings. The van der Waals surface area contributed by atoms with Crippen LogP contribution in [-0.4, -0.2) is 21.2 Å². The van der Waals surface area contributed by atoms with Crippen LogP contribution in [0.1, 0.15) is 34.5 Å². The number of benzene rings is 1. The predicted octanol–water partition coefficient (Wildman–Crippen LogP) is 2.39. The lowest BCUT2D eigenvalue weighted by Gasteiger charge is -2.08. The van der Waals surface area contributed by atoms with E-state index in [1.807, 2.05) is 35.9 Å². The van der Waals surface area contributed by atoms with Gasteiger partial charge in [-0.1, -0.05) is 6.07 Å². The molecule has 0 radical (unpaired) electrons. The second-order valence-electron chi connectivity index (χ2n) is 6.73. The van der Waals surface area contributed by atoms with Crippen molar-refractivity contribution in [3.8, 4) is 5.75 Å². The highest BCUT2D eigenvalue weighted by Gasteiger charge is 2.29. The van der Waals surface area contributed by atoms with Crippen LogP contribution < -0.4 is 15.6 Å². The SMILES string of the molecule is Cc1ccc2nc(COc3ccc(C(=O)NNC(=O)C4CC4)cc3)cn2c1. The fourth-order valence-electron chi connectivity index (χ4n) is 2.72. The standard InChI is InChI=1S/C20H20N4O3/c1-13-2-9-18-21-16(11-24(18)10-13)12-27-17-7-5-15(6-8-17)20(26)23-22-19(25)14-3-4-14/h2,5-11,14H,3-4,12H2,1H3,(H,22,25)(H,23,26). The lowest BCUT2D eigenvalue weighted by molar-refractivity contribution is -0.123. The van der Waals surface area contributed by atoms with Gasteiger partial charge in [0.2, 0.25) is 5.91 Å². The lowest BCUT2D eigenvalue weighted by Crippen LogP contribution is -2.42. The molecule has 0 unspecified atom stereocenters. The second-order valence-corrected chi connectivity index (χ2v) is 6.73. The van der Waals surface area contributed by atoms with E-state index >= 15 is 0 Å². The highest BCUT2D eigenvalue weighted by molar-refractivity contribution is 5.95. The smallest absolute Gasteiger partial charge is 0.269 e. The fraction of sp³-hybridized carbons (Fsp3) is 0.250. The summed E-state index contributed by atoms with van der Waals surface area (Å²) < 4.78 is 7.72. The molecule has 2 heterocycles. The van der Waals surface area contributed by atoms with E-state index in [0.717, 1.165) is 29.7 Å². The number of hydrogen-bond acceptors (Lipinski definition) is 4. The van der Waals surface area contributed by atoms with E-state index in [2.05, 4.69) is 15.8 Å². The molecule has 1 aliphatic carbocycles. The largest absolute Gasteiger partial charge is 0.487 e. The second kappa shape index (κ2) is 7.11. The molecule has 2 amide bonds. The Hall–Kier alpha value is -3.35. The van der Waals surface area contributed by atoms with Crippen LogP contribution in [0.3, 0.4) is 0 Å². The van der Waals surface area contributed by atoms with Gasteiger partial charge in [0.1, 0.15) is 18.0 Å². The molecule has 2 N–H and O–H groups in total. The first-order valence-corrected chi connectivity index (χ1v) is 8.86. The fourth-order valence-corrected chi connectivity index (χ4v) is 2.72. The summed E-state index contributed by atoms with van der Waals surface area (Å²) in [6, 6.07) is 10.7. The number of aromatic nitrogens is 2. The third-order valence-corrected chi connectivity index (χ3v) is 4.40. The molecule has 7 nitrogen and oxygen atoms in total. The van der Waals surface area contributed by atoms with E-state index in [1.54, 1.807) is 24.3 Å². The van der Waals surface area contributed by atoms with Gasteiger partial charge in [-0.05, 0) is 55.7 Å². The molecule has 2 aromatic heterocycles. The summed E-state index contributed by atoms with van der Waals surface area (Å²) in [5.74, 6) is 0.198. The minimum atomic E-state index is -0.355. The van der Waals surface area contributed by atoms with Crippen LogP contribution in [0.4, 0.5) is 0 Å². The zero-order valence-corrected chi connectivity index (χ0v) is 14.9. The number of amides is 2. The molecular weight excluding hydrogens is 344 g/mol. The molecule has 27 heavy (non-hydrogen) atoms. The minimum Gasteiger partial charge on any atom is -0.487 e. The molecule has 7 heteroatoms. The average Bonchev–Trinajstić information content (AvgIpc) is 3.45. The number of ether oxygens (including phenoxy) is 1. The Labute approximate surface area is 156 Å². The number of pyridine rings is 1. The van der Waals surface area contributed by atoms with Crippen molar-refractivity contribution in [1.29, 1.82) is 0 Å². The Morgan fingerprint density at radius 1 is 1.11 bits per heavy atom. The van der Waals surface area contributed by atoms with Crippen LogP contribution in [-0.2, 0) is 11.4 Å². The molecule has 0 aliphatic heterocycles. The number of rotatable bonds is 5. The molecule has 0 atom stereocenters. The van der Waals surface area contributed by atoms with Crippen molar-refractivity contribution in [3.63, 3.8) is 0 Å².